The molecule has 0 radical (unpaired) electrons. The number of aromatic nitrogens is 2. The van der Waals surface area contributed by atoms with Crippen LogP contribution in [0, 0.1) is 5.41 Å². The molecular weight excluding hydrogens is 300 g/mol. The lowest BCUT2D eigenvalue weighted by Gasteiger charge is -2.25. The van der Waals surface area contributed by atoms with Gasteiger partial charge in [-0.1, -0.05) is 32.9 Å². The zero-order valence-electron chi connectivity index (χ0n) is 13.1. The van der Waals surface area contributed by atoms with Gasteiger partial charge < -0.3 is 11.1 Å². The van der Waals surface area contributed by atoms with Crippen molar-refractivity contribution in [3.63, 3.8) is 0 Å². The number of amides is 1. The summed E-state index contributed by atoms with van der Waals surface area (Å²) in [5, 5.41) is 7.01. The largest absolute Gasteiger partial charge is 0.325 e. The van der Waals surface area contributed by atoms with Crippen LogP contribution in [0.5, 0.6) is 0 Å². The van der Waals surface area contributed by atoms with Crippen LogP contribution in [0.1, 0.15) is 26.3 Å². The van der Waals surface area contributed by atoms with E-state index in [9.17, 15) is 4.79 Å². The molecule has 0 spiro atoms. The molecule has 0 fully saturated rings. The van der Waals surface area contributed by atoms with E-state index < -0.39 is 6.04 Å². The Morgan fingerprint density at radius 2 is 1.95 bits per heavy atom. The predicted molar refractivity (Wildman–Crippen MR) is 91.1 cm³/mol. The number of anilines is 1. The smallest absolute Gasteiger partial charge is 0.241 e. The fourth-order valence-electron chi connectivity index (χ4n) is 1.89. The number of carbonyl (C=O) groups excluding carboxylic acids is 1. The molecule has 0 bridgehead atoms. The number of nitrogens with zero attached hydrogens (tertiary/aromatic N) is 2. The van der Waals surface area contributed by atoms with Crippen molar-refractivity contribution in [3.8, 4) is 0 Å². The highest BCUT2D eigenvalue weighted by molar-refractivity contribution is 5.95. The summed E-state index contributed by atoms with van der Waals surface area (Å²) in [5.41, 5.74) is 7.55. The van der Waals surface area contributed by atoms with Crippen LogP contribution in [0.3, 0.4) is 0 Å². The average Bonchev–Trinajstić information content (AvgIpc) is 2.92. The van der Waals surface area contributed by atoms with Gasteiger partial charge in [0.1, 0.15) is 0 Å². The van der Waals surface area contributed by atoms with Crippen molar-refractivity contribution in [2.24, 2.45) is 11.1 Å². The summed E-state index contributed by atoms with van der Waals surface area (Å²) in [6.07, 6.45) is 3.67. The van der Waals surface area contributed by atoms with Crippen LogP contribution in [0.4, 0.5) is 5.69 Å². The summed E-state index contributed by atoms with van der Waals surface area (Å²) in [4.78, 5) is 12.1. The van der Waals surface area contributed by atoms with Crippen molar-refractivity contribution in [2.75, 3.05) is 5.32 Å². The molecule has 120 valence electrons. The normalized spacial score (nSPS) is 12.4. The molecule has 0 aliphatic carbocycles. The number of halogens is 1. The van der Waals surface area contributed by atoms with Crippen molar-refractivity contribution in [3.05, 3.63) is 48.3 Å². The lowest BCUT2D eigenvalue weighted by molar-refractivity contribution is -0.119. The number of hydrogen-bond donors (Lipinski definition) is 2. The third kappa shape index (κ3) is 4.86. The maximum absolute atomic E-state index is 12.1. The second-order valence-corrected chi connectivity index (χ2v) is 6.23. The van der Waals surface area contributed by atoms with E-state index in [0.717, 1.165) is 11.3 Å². The molecule has 2 rings (SSSR count). The zero-order valence-corrected chi connectivity index (χ0v) is 13.9. The maximum atomic E-state index is 12.1. The predicted octanol–water partition coefficient (Wildman–Crippen LogP) is 2.67. The Hall–Kier alpha value is -1.85. The quantitative estimate of drug-likeness (QED) is 0.909. The molecule has 1 heterocycles. The molecule has 1 aromatic carbocycles. The highest BCUT2D eigenvalue weighted by Crippen LogP contribution is 2.19. The molecule has 0 aliphatic heterocycles. The number of nitrogens with one attached hydrogen (secondary N) is 1. The van der Waals surface area contributed by atoms with Crippen molar-refractivity contribution in [1.82, 2.24) is 9.78 Å². The number of rotatable bonds is 4. The van der Waals surface area contributed by atoms with E-state index in [-0.39, 0.29) is 23.7 Å². The SMILES string of the molecule is CC(C)(C)[C@H](N)C(=O)Nc1ccc(Cn2cccn2)cc1.Cl. The molecule has 0 unspecified atom stereocenters. The van der Waals surface area contributed by atoms with Crippen molar-refractivity contribution >= 4 is 24.0 Å². The second kappa shape index (κ2) is 7.42. The lowest BCUT2D eigenvalue weighted by atomic mass is 9.87. The maximum Gasteiger partial charge on any atom is 0.241 e. The lowest BCUT2D eigenvalue weighted by Crippen LogP contribution is -2.45. The molecule has 22 heavy (non-hydrogen) atoms. The molecular formula is C16H23ClN4O. The van der Waals surface area contributed by atoms with Gasteiger partial charge in [-0.2, -0.15) is 5.10 Å². The van der Waals surface area contributed by atoms with Gasteiger partial charge in [0.05, 0.1) is 12.6 Å². The Labute approximate surface area is 137 Å². The Bertz CT molecular complexity index is 588. The fraction of sp³-hybridized carbons (Fsp3) is 0.375. The van der Waals surface area contributed by atoms with Crippen LogP contribution < -0.4 is 11.1 Å². The first-order valence-electron chi connectivity index (χ1n) is 6.99. The second-order valence-electron chi connectivity index (χ2n) is 6.23. The molecule has 1 aromatic heterocycles. The van der Waals surface area contributed by atoms with E-state index >= 15 is 0 Å². The summed E-state index contributed by atoms with van der Waals surface area (Å²) >= 11 is 0. The Morgan fingerprint density at radius 1 is 1.32 bits per heavy atom. The average molecular weight is 323 g/mol. The minimum atomic E-state index is -0.541. The van der Waals surface area contributed by atoms with E-state index in [4.69, 9.17) is 5.73 Å². The van der Waals surface area contributed by atoms with Gasteiger partial charge in [-0.25, -0.2) is 0 Å². The summed E-state index contributed by atoms with van der Waals surface area (Å²) in [5.74, 6) is -0.165. The highest BCUT2D eigenvalue weighted by Gasteiger charge is 2.27. The first-order valence-corrected chi connectivity index (χ1v) is 6.99. The van der Waals surface area contributed by atoms with Crippen LogP contribution in [-0.4, -0.2) is 21.7 Å². The third-order valence-electron chi connectivity index (χ3n) is 3.34. The fourth-order valence-corrected chi connectivity index (χ4v) is 1.89. The zero-order chi connectivity index (χ0) is 15.5. The molecule has 1 amide bonds. The van der Waals surface area contributed by atoms with Crippen molar-refractivity contribution in [1.29, 1.82) is 0 Å². The van der Waals surface area contributed by atoms with E-state index in [1.54, 1.807) is 6.20 Å². The molecule has 5 nitrogen and oxygen atoms in total. The van der Waals surface area contributed by atoms with Crippen molar-refractivity contribution in [2.45, 2.75) is 33.4 Å². The van der Waals surface area contributed by atoms with Gasteiger partial charge in [-0.3, -0.25) is 9.48 Å². The van der Waals surface area contributed by atoms with Gasteiger partial charge in [0.15, 0.2) is 0 Å². The molecule has 0 saturated heterocycles. The van der Waals surface area contributed by atoms with Gasteiger partial charge in [0, 0.05) is 18.1 Å². The summed E-state index contributed by atoms with van der Waals surface area (Å²) in [7, 11) is 0. The molecule has 3 N–H and O–H groups in total. The monoisotopic (exact) mass is 322 g/mol. The van der Waals surface area contributed by atoms with E-state index in [2.05, 4.69) is 10.4 Å². The first-order chi connectivity index (χ1) is 9.86. The highest BCUT2D eigenvalue weighted by atomic mass is 35.5. The van der Waals surface area contributed by atoms with Crippen LogP contribution in [0.15, 0.2) is 42.7 Å². The van der Waals surface area contributed by atoms with Gasteiger partial charge in [-0.05, 0) is 29.2 Å². The molecule has 1 atom stereocenters. The number of carbonyl (C=O) groups is 1. The topological polar surface area (TPSA) is 72.9 Å². The van der Waals surface area contributed by atoms with Crippen LogP contribution >= 0.6 is 12.4 Å². The summed E-state index contributed by atoms with van der Waals surface area (Å²) < 4.78 is 1.85. The minimum absolute atomic E-state index is 0. The number of nitrogens with two attached hydrogens (primary N) is 1. The van der Waals surface area contributed by atoms with Crippen molar-refractivity contribution < 1.29 is 4.79 Å². The Morgan fingerprint density at radius 3 is 2.45 bits per heavy atom. The third-order valence-corrected chi connectivity index (χ3v) is 3.34. The molecule has 2 aromatic rings. The Balaban J connectivity index is 0.00000242. The summed E-state index contributed by atoms with van der Waals surface area (Å²) in [6.45, 7) is 6.56. The standard InChI is InChI=1S/C16H22N4O.ClH/c1-16(2,3)14(17)15(21)19-13-7-5-12(6-8-13)11-20-10-4-9-18-20;/h4-10,14H,11,17H2,1-3H3,(H,19,21);1H/t14-;/m1./s1. The number of hydrogen-bond acceptors (Lipinski definition) is 3. The number of benzene rings is 1. The molecule has 0 saturated carbocycles. The van der Waals surface area contributed by atoms with Gasteiger partial charge in [0.25, 0.3) is 0 Å². The van der Waals surface area contributed by atoms with E-state index in [1.165, 1.54) is 0 Å². The molecule has 0 aliphatic rings. The minimum Gasteiger partial charge on any atom is -0.325 e. The van der Waals surface area contributed by atoms with Crippen LogP contribution in [0.25, 0.3) is 0 Å². The van der Waals surface area contributed by atoms with Gasteiger partial charge in [0.2, 0.25) is 5.91 Å². The van der Waals surface area contributed by atoms with E-state index in [1.807, 2.05) is 62.0 Å². The Kier molecular flexibility index (Phi) is 6.14. The summed E-state index contributed by atoms with van der Waals surface area (Å²) in [6, 6.07) is 9.06. The van der Waals surface area contributed by atoms with Gasteiger partial charge in [-0.15, -0.1) is 12.4 Å². The molecule has 6 heteroatoms. The van der Waals surface area contributed by atoms with Crippen LogP contribution in [-0.2, 0) is 11.3 Å². The van der Waals surface area contributed by atoms with Crippen LogP contribution in [0.2, 0.25) is 0 Å². The first kappa shape index (κ1) is 18.2. The van der Waals surface area contributed by atoms with Gasteiger partial charge >= 0.3 is 0 Å². The van der Waals surface area contributed by atoms with E-state index in [0.29, 0.717) is 6.54 Å².